The van der Waals surface area contributed by atoms with Gasteiger partial charge in [-0.1, -0.05) is 33.1 Å². The van der Waals surface area contributed by atoms with Crippen molar-refractivity contribution in [1.82, 2.24) is 15.5 Å². The first kappa shape index (κ1) is 24.6. The number of nitrogens with zero attached hydrogens (tertiary/aromatic N) is 1. The van der Waals surface area contributed by atoms with E-state index in [1.807, 2.05) is 13.8 Å². The number of carbonyl (C=O) groups is 3. The maximum Gasteiger partial charge on any atom is 0.475 e. The highest BCUT2D eigenvalue weighted by molar-refractivity contribution is 6.43. The van der Waals surface area contributed by atoms with Crippen LogP contribution in [0.15, 0.2) is 0 Å². The first-order chi connectivity index (χ1) is 14.1. The Labute approximate surface area is 179 Å². The van der Waals surface area contributed by atoms with Crippen molar-refractivity contribution in [3.63, 3.8) is 0 Å². The quantitative estimate of drug-likeness (QED) is 0.334. The van der Waals surface area contributed by atoms with Gasteiger partial charge in [0.05, 0.1) is 12.0 Å². The van der Waals surface area contributed by atoms with Crippen LogP contribution in [-0.4, -0.2) is 70.4 Å². The van der Waals surface area contributed by atoms with Gasteiger partial charge in [-0.3, -0.25) is 14.4 Å². The van der Waals surface area contributed by atoms with Crippen LogP contribution in [0, 0.1) is 11.8 Å². The van der Waals surface area contributed by atoms with Gasteiger partial charge < -0.3 is 31.3 Å². The van der Waals surface area contributed by atoms with Crippen LogP contribution in [0.25, 0.3) is 0 Å². The average Bonchev–Trinajstić information content (AvgIpc) is 3.21. The van der Waals surface area contributed by atoms with Crippen molar-refractivity contribution in [2.24, 2.45) is 17.6 Å². The van der Waals surface area contributed by atoms with Crippen molar-refractivity contribution in [2.75, 3.05) is 6.54 Å². The molecule has 0 aromatic rings. The van der Waals surface area contributed by atoms with Crippen LogP contribution in [0.4, 0.5) is 0 Å². The van der Waals surface area contributed by atoms with Crippen molar-refractivity contribution in [3.8, 4) is 0 Å². The molecule has 9 nitrogen and oxygen atoms in total. The third-order valence-electron chi connectivity index (χ3n) is 6.37. The Morgan fingerprint density at radius 1 is 0.967 bits per heavy atom. The predicted octanol–water partition coefficient (Wildman–Crippen LogP) is -0.457. The molecule has 0 bridgehead atoms. The maximum atomic E-state index is 13.0. The topological polar surface area (TPSA) is 145 Å². The van der Waals surface area contributed by atoms with Gasteiger partial charge in [0.1, 0.15) is 12.1 Å². The first-order valence-electron chi connectivity index (χ1n) is 11.2. The van der Waals surface area contributed by atoms with Gasteiger partial charge in [-0.05, 0) is 44.4 Å². The molecule has 4 atom stereocenters. The molecule has 1 saturated carbocycles. The summed E-state index contributed by atoms with van der Waals surface area (Å²) in [7, 11) is -1.61. The Hall–Kier alpha value is -1.65. The van der Waals surface area contributed by atoms with E-state index in [4.69, 9.17) is 5.73 Å². The van der Waals surface area contributed by atoms with Gasteiger partial charge in [-0.2, -0.15) is 0 Å². The molecule has 170 valence electrons. The lowest BCUT2D eigenvalue weighted by molar-refractivity contribution is -0.138. The van der Waals surface area contributed by atoms with Crippen LogP contribution in [0.2, 0.25) is 0 Å². The summed E-state index contributed by atoms with van der Waals surface area (Å²) >= 11 is 0. The van der Waals surface area contributed by atoms with Gasteiger partial charge in [0.15, 0.2) is 0 Å². The summed E-state index contributed by atoms with van der Waals surface area (Å²) in [5.74, 6) is -1.89. The molecule has 0 aromatic carbocycles. The van der Waals surface area contributed by atoms with E-state index < -0.39 is 37.1 Å². The monoisotopic (exact) mass is 424 g/mol. The molecular weight excluding hydrogens is 387 g/mol. The molecule has 2 aliphatic rings. The number of likely N-dealkylation sites (tertiary alicyclic amines) is 1. The molecule has 1 aliphatic heterocycles. The number of amides is 3. The van der Waals surface area contributed by atoms with E-state index in [2.05, 4.69) is 10.6 Å². The van der Waals surface area contributed by atoms with E-state index >= 15 is 0 Å². The second-order valence-corrected chi connectivity index (χ2v) is 9.04. The van der Waals surface area contributed by atoms with Gasteiger partial charge in [0, 0.05) is 6.54 Å². The summed E-state index contributed by atoms with van der Waals surface area (Å²) in [6.07, 6.45) is 6.34. The molecule has 1 heterocycles. The van der Waals surface area contributed by atoms with Crippen LogP contribution in [0.5, 0.6) is 0 Å². The lowest BCUT2D eigenvalue weighted by Gasteiger charge is -2.31. The maximum absolute atomic E-state index is 13.0. The van der Waals surface area contributed by atoms with E-state index in [1.165, 1.54) is 11.3 Å². The Bertz CT molecular complexity index is 612. The molecule has 1 saturated heterocycles. The Balaban J connectivity index is 1.95. The van der Waals surface area contributed by atoms with E-state index in [0.29, 0.717) is 19.4 Å². The lowest BCUT2D eigenvalue weighted by atomic mass is 9.77. The highest BCUT2D eigenvalue weighted by Crippen LogP contribution is 2.25. The van der Waals surface area contributed by atoms with Gasteiger partial charge in [-0.25, -0.2) is 0 Å². The second-order valence-electron chi connectivity index (χ2n) is 9.04. The molecule has 3 amide bonds. The largest absolute Gasteiger partial charge is 0.475 e. The third-order valence-corrected chi connectivity index (χ3v) is 6.37. The standard InChI is InChI=1S/C20H37BN4O5/c1-12(2)17(20(28)25-11-7-10-15(25)21(29)30)24-18(26)13(3)23-19(27)16(22)14-8-5-4-6-9-14/h12-17,29-30H,4-11,22H2,1-3H3,(H,23,27)(H,24,26)/t13-,15-,16-,17-/m0/s1. The molecular formula is C20H37BN4O5. The van der Waals surface area contributed by atoms with E-state index in [9.17, 15) is 24.4 Å². The third kappa shape index (κ3) is 6.18. The molecule has 30 heavy (non-hydrogen) atoms. The van der Waals surface area contributed by atoms with E-state index in [-0.39, 0.29) is 23.7 Å². The average molecular weight is 424 g/mol. The van der Waals surface area contributed by atoms with Crippen molar-refractivity contribution in [2.45, 2.75) is 89.8 Å². The SMILES string of the molecule is CC(C)[C@H](NC(=O)[C@H](C)NC(=O)[C@@H](N)C1CCCCC1)C(=O)N1CCC[C@H]1B(O)O. The molecule has 2 fully saturated rings. The van der Waals surface area contributed by atoms with Crippen LogP contribution >= 0.6 is 0 Å². The molecule has 0 aromatic heterocycles. The molecule has 1 aliphatic carbocycles. The number of nitrogens with one attached hydrogen (secondary N) is 2. The zero-order chi connectivity index (χ0) is 22.4. The fraction of sp³-hybridized carbons (Fsp3) is 0.850. The second kappa shape index (κ2) is 11.1. The fourth-order valence-electron chi connectivity index (χ4n) is 4.43. The minimum Gasteiger partial charge on any atom is -0.426 e. The number of carbonyl (C=O) groups excluding carboxylic acids is 3. The minimum absolute atomic E-state index is 0.135. The normalized spacial score (nSPS) is 23.0. The summed E-state index contributed by atoms with van der Waals surface area (Å²) < 4.78 is 0. The van der Waals surface area contributed by atoms with Gasteiger partial charge >= 0.3 is 7.12 Å². The number of hydrogen-bond donors (Lipinski definition) is 5. The van der Waals surface area contributed by atoms with Crippen LogP contribution in [-0.2, 0) is 14.4 Å². The Morgan fingerprint density at radius 2 is 1.60 bits per heavy atom. The Morgan fingerprint density at radius 3 is 2.17 bits per heavy atom. The molecule has 2 rings (SSSR count). The van der Waals surface area contributed by atoms with E-state index in [0.717, 1.165) is 25.7 Å². The minimum atomic E-state index is -1.61. The molecule has 0 radical (unpaired) electrons. The fourth-order valence-corrected chi connectivity index (χ4v) is 4.43. The summed E-state index contributed by atoms with van der Waals surface area (Å²) in [6.45, 7) is 5.61. The van der Waals surface area contributed by atoms with Crippen LogP contribution < -0.4 is 16.4 Å². The summed E-state index contributed by atoms with van der Waals surface area (Å²) in [4.78, 5) is 39.6. The van der Waals surface area contributed by atoms with Crippen molar-refractivity contribution in [1.29, 1.82) is 0 Å². The summed E-state index contributed by atoms with van der Waals surface area (Å²) in [5.41, 5.74) is 6.11. The highest BCUT2D eigenvalue weighted by Gasteiger charge is 2.40. The van der Waals surface area contributed by atoms with Crippen LogP contribution in [0.3, 0.4) is 0 Å². The number of hydrogen-bond acceptors (Lipinski definition) is 6. The van der Waals surface area contributed by atoms with Crippen molar-refractivity contribution in [3.05, 3.63) is 0 Å². The predicted molar refractivity (Wildman–Crippen MR) is 114 cm³/mol. The zero-order valence-corrected chi connectivity index (χ0v) is 18.3. The number of nitrogens with two attached hydrogens (primary N) is 1. The highest BCUT2D eigenvalue weighted by atomic mass is 16.4. The smallest absolute Gasteiger partial charge is 0.426 e. The summed E-state index contributed by atoms with van der Waals surface area (Å²) in [6, 6.07) is -2.29. The first-order valence-corrected chi connectivity index (χ1v) is 11.2. The molecule has 10 heteroatoms. The summed E-state index contributed by atoms with van der Waals surface area (Å²) in [5, 5.41) is 24.5. The van der Waals surface area contributed by atoms with E-state index in [1.54, 1.807) is 6.92 Å². The van der Waals surface area contributed by atoms with Crippen molar-refractivity contribution < 1.29 is 24.4 Å². The molecule has 0 unspecified atom stereocenters. The number of rotatable bonds is 8. The van der Waals surface area contributed by atoms with Crippen molar-refractivity contribution >= 4 is 24.8 Å². The van der Waals surface area contributed by atoms with Gasteiger partial charge in [-0.15, -0.1) is 0 Å². The molecule has 0 spiro atoms. The Kier molecular flexibility index (Phi) is 9.12. The lowest BCUT2D eigenvalue weighted by Crippen LogP contribution is -2.59. The van der Waals surface area contributed by atoms with Gasteiger partial charge in [0.2, 0.25) is 17.7 Å². The molecule has 6 N–H and O–H groups in total. The van der Waals surface area contributed by atoms with Crippen LogP contribution in [0.1, 0.15) is 65.7 Å². The van der Waals surface area contributed by atoms with Gasteiger partial charge in [0.25, 0.3) is 0 Å². The zero-order valence-electron chi connectivity index (χ0n) is 18.3.